The minimum absolute atomic E-state index is 0.0325. The minimum atomic E-state index is -3.30. The van der Waals surface area contributed by atoms with Crippen LogP contribution in [0.25, 0.3) is 0 Å². The molecule has 8 heteroatoms. The van der Waals surface area contributed by atoms with Crippen LogP contribution in [0.3, 0.4) is 0 Å². The van der Waals surface area contributed by atoms with E-state index in [1.807, 2.05) is 4.90 Å². The molecule has 0 N–H and O–H groups in total. The van der Waals surface area contributed by atoms with Crippen LogP contribution in [-0.2, 0) is 24.3 Å². The Balaban J connectivity index is 2.17. The zero-order valence-corrected chi connectivity index (χ0v) is 15.8. The lowest BCUT2D eigenvalue weighted by atomic mass is 9.99. The van der Waals surface area contributed by atoms with Crippen LogP contribution in [0.2, 0.25) is 0 Å². The van der Waals surface area contributed by atoms with Gasteiger partial charge >= 0.3 is 0 Å². The molecule has 0 aliphatic carbocycles. The second-order valence-corrected chi connectivity index (χ2v) is 9.31. The van der Waals surface area contributed by atoms with Gasteiger partial charge in [-0.1, -0.05) is 0 Å². The molecule has 0 saturated carbocycles. The minimum Gasteiger partial charge on any atom is -0.381 e. The number of rotatable bonds is 6. The van der Waals surface area contributed by atoms with Gasteiger partial charge in [0.15, 0.2) is 0 Å². The Morgan fingerprint density at radius 1 is 1.25 bits per heavy atom. The van der Waals surface area contributed by atoms with Crippen LogP contribution in [0.5, 0.6) is 0 Å². The Labute approximate surface area is 145 Å². The first kappa shape index (κ1) is 19.6. The average molecular weight is 362 g/mol. The van der Waals surface area contributed by atoms with Crippen molar-refractivity contribution in [2.24, 2.45) is 0 Å². The topological polar surface area (TPSA) is 76.2 Å². The number of hydrogen-bond donors (Lipinski definition) is 0. The van der Waals surface area contributed by atoms with Crippen molar-refractivity contribution >= 4 is 15.9 Å². The molecule has 2 rings (SSSR count). The van der Waals surface area contributed by atoms with E-state index < -0.39 is 15.3 Å². The Morgan fingerprint density at radius 2 is 1.92 bits per heavy atom. The summed E-state index contributed by atoms with van der Waals surface area (Å²) in [5, 5.41) is -0.442. The third-order valence-corrected chi connectivity index (χ3v) is 7.09. The van der Waals surface area contributed by atoms with Gasteiger partial charge in [0, 0.05) is 45.5 Å². The van der Waals surface area contributed by atoms with E-state index in [0.717, 1.165) is 25.7 Å². The molecule has 2 saturated heterocycles. The van der Waals surface area contributed by atoms with Crippen molar-refractivity contribution in [1.29, 1.82) is 0 Å². The van der Waals surface area contributed by atoms with Crippen LogP contribution >= 0.6 is 0 Å². The maximum absolute atomic E-state index is 12.6. The zero-order chi connectivity index (χ0) is 17.7. The summed E-state index contributed by atoms with van der Waals surface area (Å²) in [4.78, 5) is 14.5. The van der Waals surface area contributed by atoms with Crippen LogP contribution in [0, 0.1) is 0 Å². The highest BCUT2D eigenvalue weighted by Crippen LogP contribution is 2.25. The molecule has 140 valence electrons. The number of carbonyl (C=O) groups is 1. The fraction of sp³-hybridized carbons (Fsp3) is 0.938. The lowest BCUT2D eigenvalue weighted by molar-refractivity contribution is -0.143. The van der Waals surface area contributed by atoms with E-state index in [1.54, 1.807) is 18.2 Å². The number of amides is 1. The standard InChI is InChI=1S/C16H30N2O5S/c1-13(2)24(20,21)17-8-4-5-15(11-17)18(16(19)12-22-3)14-6-9-23-10-7-14/h13-15H,4-12H2,1-3H3. The molecule has 0 spiro atoms. The van der Waals surface area contributed by atoms with E-state index >= 15 is 0 Å². The van der Waals surface area contributed by atoms with E-state index in [4.69, 9.17) is 9.47 Å². The Morgan fingerprint density at radius 3 is 2.50 bits per heavy atom. The largest absolute Gasteiger partial charge is 0.381 e. The van der Waals surface area contributed by atoms with Gasteiger partial charge in [0.2, 0.25) is 15.9 Å². The van der Waals surface area contributed by atoms with Crippen molar-refractivity contribution in [3.05, 3.63) is 0 Å². The smallest absolute Gasteiger partial charge is 0.249 e. The summed E-state index contributed by atoms with van der Waals surface area (Å²) in [7, 11) is -1.79. The van der Waals surface area contributed by atoms with Gasteiger partial charge in [-0.25, -0.2) is 8.42 Å². The van der Waals surface area contributed by atoms with Crippen LogP contribution < -0.4 is 0 Å². The van der Waals surface area contributed by atoms with Crippen molar-refractivity contribution < 1.29 is 22.7 Å². The highest BCUT2D eigenvalue weighted by Gasteiger charge is 2.38. The van der Waals surface area contributed by atoms with E-state index in [0.29, 0.717) is 26.3 Å². The molecule has 1 atom stereocenters. The molecular weight excluding hydrogens is 332 g/mol. The first-order chi connectivity index (χ1) is 11.4. The van der Waals surface area contributed by atoms with Gasteiger partial charge in [-0.3, -0.25) is 4.79 Å². The molecule has 2 aliphatic heterocycles. The van der Waals surface area contributed by atoms with Gasteiger partial charge < -0.3 is 14.4 Å². The van der Waals surface area contributed by atoms with Crippen LogP contribution in [0.15, 0.2) is 0 Å². The Hall–Kier alpha value is -0.700. The average Bonchev–Trinajstić information content (AvgIpc) is 2.56. The number of hydrogen-bond acceptors (Lipinski definition) is 5. The predicted octanol–water partition coefficient (Wildman–Crippen LogP) is 0.843. The van der Waals surface area contributed by atoms with Crippen molar-refractivity contribution in [2.45, 2.75) is 56.9 Å². The number of nitrogens with zero attached hydrogens (tertiary/aromatic N) is 2. The monoisotopic (exact) mass is 362 g/mol. The van der Waals surface area contributed by atoms with Crippen LogP contribution in [-0.4, -0.2) is 80.9 Å². The zero-order valence-electron chi connectivity index (χ0n) is 14.9. The first-order valence-electron chi connectivity index (χ1n) is 8.74. The van der Waals surface area contributed by atoms with Gasteiger partial charge in [-0.15, -0.1) is 0 Å². The lowest BCUT2D eigenvalue weighted by Crippen LogP contribution is -2.57. The molecule has 0 aromatic carbocycles. The summed E-state index contributed by atoms with van der Waals surface area (Å²) in [6, 6.07) is 0.0196. The fourth-order valence-corrected chi connectivity index (χ4v) is 4.90. The van der Waals surface area contributed by atoms with Crippen molar-refractivity contribution in [2.75, 3.05) is 40.0 Å². The molecule has 0 bridgehead atoms. The molecule has 0 aromatic heterocycles. The van der Waals surface area contributed by atoms with E-state index in [9.17, 15) is 13.2 Å². The summed E-state index contributed by atoms with van der Waals surface area (Å²) in [6.45, 7) is 5.63. The van der Waals surface area contributed by atoms with Crippen molar-refractivity contribution in [3.8, 4) is 0 Å². The Kier molecular flexibility index (Phi) is 7.03. The second-order valence-electron chi connectivity index (χ2n) is 6.83. The maximum Gasteiger partial charge on any atom is 0.249 e. The third kappa shape index (κ3) is 4.47. The predicted molar refractivity (Wildman–Crippen MR) is 91.2 cm³/mol. The quantitative estimate of drug-likeness (QED) is 0.700. The summed E-state index contributed by atoms with van der Waals surface area (Å²) in [6.07, 6.45) is 3.19. The summed E-state index contributed by atoms with van der Waals surface area (Å²) in [5.74, 6) is -0.0572. The van der Waals surface area contributed by atoms with Crippen LogP contribution in [0.1, 0.15) is 39.5 Å². The third-order valence-electron chi connectivity index (χ3n) is 4.85. The number of ether oxygens (including phenoxy) is 2. The van der Waals surface area contributed by atoms with E-state index in [2.05, 4.69) is 0 Å². The molecule has 1 amide bonds. The molecule has 0 radical (unpaired) electrons. The number of piperidine rings is 1. The van der Waals surface area contributed by atoms with Gasteiger partial charge in [0.05, 0.1) is 5.25 Å². The normalized spacial score (nSPS) is 24.2. The molecule has 1 unspecified atom stereocenters. The van der Waals surface area contributed by atoms with Crippen LogP contribution in [0.4, 0.5) is 0 Å². The highest BCUT2D eigenvalue weighted by atomic mass is 32.2. The summed E-state index contributed by atoms with van der Waals surface area (Å²) < 4.78 is 37.0. The SMILES string of the molecule is COCC(=O)N(C1CCOCC1)C1CCCN(S(=O)(=O)C(C)C)C1. The second kappa shape index (κ2) is 8.60. The highest BCUT2D eigenvalue weighted by molar-refractivity contribution is 7.89. The number of methoxy groups -OCH3 is 1. The van der Waals surface area contributed by atoms with E-state index in [1.165, 1.54) is 7.11 Å². The van der Waals surface area contributed by atoms with Gasteiger partial charge in [-0.05, 0) is 39.5 Å². The van der Waals surface area contributed by atoms with Gasteiger partial charge in [0.1, 0.15) is 6.61 Å². The summed E-state index contributed by atoms with van der Waals surface area (Å²) >= 11 is 0. The van der Waals surface area contributed by atoms with Gasteiger partial charge in [-0.2, -0.15) is 4.31 Å². The lowest BCUT2D eigenvalue weighted by Gasteiger charge is -2.44. The van der Waals surface area contributed by atoms with E-state index in [-0.39, 0.29) is 24.6 Å². The molecule has 7 nitrogen and oxygen atoms in total. The molecular formula is C16H30N2O5S. The fourth-order valence-electron chi connectivity index (χ4n) is 3.54. The molecule has 2 fully saturated rings. The number of sulfonamides is 1. The molecule has 2 aliphatic rings. The van der Waals surface area contributed by atoms with Crippen molar-refractivity contribution in [3.63, 3.8) is 0 Å². The molecule has 24 heavy (non-hydrogen) atoms. The Bertz CT molecular complexity index is 517. The van der Waals surface area contributed by atoms with Gasteiger partial charge in [0.25, 0.3) is 0 Å². The first-order valence-corrected chi connectivity index (χ1v) is 10.2. The summed E-state index contributed by atoms with van der Waals surface area (Å²) in [5.41, 5.74) is 0. The maximum atomic E-state index is 12.6. The number of carbonyl (C=O) groups excluding carboxylic acids is 1. The molecule has 0 aromatic rings. The van der Waals surface area contributed by atoms with Crippen molar-refractivity contribution in [1.82, 2.24) is 9.21 Å². The molecule has 2 heterocycles.